The molecule has 2 aromatic carbocycles. The number of piperazine rings is 1. The monoisotopic (exact) mass is 391 g/mol. The molecule has 1 N–H and O–H groups in total. The molecule has 2 fully saturated rings. The van der Waals surface area contributed by atoms with Gasteiger partial charge in [0.1, 0.15) is 11.5 Å². The van der Waals surface area contributed by atoms with Gasteiger partial charge in [-0.3, -0.25) is 9.59 Å². The maximum Gasteiger partial charge on any atom is 0.270 e. The van der Waals surface area contributed by atoms with E-state index in [1.165, 1.54) is 12.1 Å². The lowest BCUT2D eigenvalue weighted by Gasteiger charge is -2.34. The number of nitrogens with zero attached hydrogens (tertiary/aromatic N) is 2. The number of hydrogen-bond acceptors (Lipinski definition) is 2. The van der Waals surface area contributed by atoms with Gasteiger partial charge in [0.05, 0.1) is 0 Å². The van der Waals surface area contributed by atoms with Gasteiger partial charge < -0.3 is 14.8 Å². The third-order valence-corrected chi connectivity index (χ3v) is 6.04. The Bertz CT molecular complexity index is 1030. The van der Waals surface area contributed by atoms with Gasteiger partial charge in [-0.2, -0.15) is 0 Å². The maximum atomic E-state index is 13.1. The molecule has 6 heteroatoms. The minimum absolute atomic E-state index is 0.0172. The fourth-order valence-corrected chi connectivity index (χ4v) is 4.27. The van der Waals surface area contributed by atoms with E-state index < -0.39 is 0 Å². The number of H-pyrrole nitrogens is 1. The van der Waals surface area contributed by atoms with Crippen LogP contribution in [0.2, 0.25) is 0 Å². The molecule has 5 nitrogen and oxygen atoms in total. The van der Waals surface area contributed by atoms with E-state index in [4.69, 9.17) is 0 Å². The van der Waals surface area contributed by atoms with Crippen molar-refractivity contribution in [2.24, 2.45) is 5.92 Å². The molecule has 148 valence electrons. The fourth-order valence-electron chi connectivity index (χ4n) is 4.27. The van der Waals surface area contributed by atoms with Crippen molar-refractivity contribution in [1.29, 1.82) is 0 Å². The summed E-state index contributed by atoms with van der Waals surface area (Å²) in [6, 6.07) is 16.1. The van der Waals surface area contributed by atoms with Crippen molar-refractivity contribution in [3.05, 3.63) is 71.7 Å². The van der Waals surface area contributed by atoms with Crippen molar-refractivity contribution in [3.8, 4) is 0 Å². The summed E-state index contributed by atoms with van der Waals surface area (Å²) in [5, 5.41) is 1.02. The van der Waals surface area contributed by atoms with Crippen LogP contribution in [0.25, 0.3) is 10.9 Å². The third-order valence-electron chi connectivity index (χ3n) is 6.04. The molecule has 0 bridgehead atoms. The van der Waals surface area contributed by atoms with Crippen molar-refractivity contribution in [2.75, 3.05) is 26.2 Å². The number of amides is 2. The molecule has 1 aromatic heterocycles. The van der Waals surface area contributed by atoms with Crippen LogP contribution in [0.5, 0.6) is 0 Å². The molecule has 2 aliphatic rings. The Morgan fingerprint density at radius 3 is 2.34 bits per heavy atom. The van der Waals surface area contributed by atoms with Crippen LogP contribution < -0.4 is 0 Å². The minimum Gasteiger partial charge on any atom is -0.351 e. The second kappa shape index (κ2) is 7.03. The number of nitrogens with one attached hydrogen (secondary N) is 1. The van der Waals surface area contributed by atoms with Gasteiger partial charge >= 0.3 is 0 Å². The molecule has 0 radical (unpaired) electrons. The summed E-state index contributed by atoms with van der Waals surface area (Å²) in [4.78, 5) is 32.5. The molecule has 2 atom stereocenters. The second-order valence-corrected chi connectivity index (χ2v) is 7.89. The van der Waals surface area contributed by atoms with Crippen LogP contribution >= 0.6 is 0 Å². The zero-order chi connectivity index (χ0) is 20.0. The van der Waals surface area contributed by atoms with Crippen LogP contribution in [-0.2, 0) is 4.79 Å². The van der Waals surface area contributed by atoms with Crippen LogP contribution in [0.1, 0.15) is 28.4 Å². The first kappa shape index (κ1) is 17.9. The third kappa shape index (κ3) is 3.39. The molecule has 2 amide bonds. The van der Waals surface area contributed by atoms with Crippen LogP contribution in [0.15, 0.2) is 54.6 Å². The lowest BCUT2D eigenvalue weighted by molar-refractivity contribution is -0.134. The highest BCUT2D eigenvalue weighted by Crippen LogP contribution is 2.48. The number of fused-ring (bicyclic) bond motifs is 1. The van der Waals surface area contributed by atoms with E-state index in [1.54, 1.807) is 17.0 Å². The molecule has 1 saturated carbocycles. The molecule has 0 unspecified atom stereocenters. The Morgan fingerprint density at radius 2 is 1.62 bits per heavy atom. The number of rotatable bonds is 3. The Kier molecular flexibility index (Phi) is 4.34. The Labute approximate surface area is 168 Å². The van der Waals surface area contributed by atoms with Crippen molar-refractivity contribution < 1.29 is 14.0 Å². The predicted octanol–water partition coefficient (Wildman–Crippen LogP) is 3.40. The van der Waals surface area contributed by atoms with Crippen LogP contribution in [0.3, 0.4) is 0 Å². The van der Waals surface area contributed by atoms with Crippen LogP contribution in [0, 0.1) is 11.7 Å². The average Bonchev–Trinajstić information content (AvgIpc) is 3.43. The molecule has 1 saturated heterocycles. The molecular formula is C23H22FN3O2. The van der Waals surface area contributed by atoms with E-state index in [1.807, 2.05) is 35.2 Å². The quantitative estimate of drug-likeness (QED) is 0.744. The van der Waals surface area contributed by atoms with Gasteiger partial charge in [-0.1, -0.05) is 30.3 Å². The van der Waals surface area contributed by atoms with E-state index in [9.17, 15) is 14.0 Å². The highest BCUT2D eigenvalue weighted by Gasteiger charge is 2.46. The summed E-state index contributed by atoms with van der Waals surface area (Å²) in [5.74, 6) is 0.0412. The van der Waals surface area contributed by atoms with Gasteiger partial charge in [0.25, 0.3) is 5.91 Å². The highest BCUT2D eigenvalue weighted by molar-refractivity contribution is 5.98. The Morgan fingerprint density at radius 1 is 0.931 bits per heavy atom. The number of halogens is 1. The summed E-state index contributed by atoms with van der Waals surface area (Å²) in [7, 11) is 0. The van der Waals surface area contributed by atoms with E-state index in [-0.39, 0.29) is 29.5 Å². The lowest BCUT2D eigenvalue weighted by atomic mass is 10.1. The SMILES string of the molecule is O=C(c1cc2ccccc2[nH]1)N1CCN(C(=O)[C@H]2C[C@@H]2c2ccc(F)cc2)CC1. The summed E-state index contributed by atoms with van der Waals surface area (Å²) >= 11 is 0. The number of hydrogen-bond donors (Lipinski definition) is 1. The predicted molar refractivity (Wildman–Crippen MR) is 108 cm³/mol. The standard InChI is InChI=1S/C23H22FN3O2/c24-17-7-5-15(6-8-17)18-14-19(18)22(28)26-9-11-27(12-10-26)23(29)21-13-16-3-1-2-4-20(16)25-21/h1-8,13,18-19,25H,9-12,14H2/t18-,19+/m1/s1. The second-order valence-electron chi connectivity index (χ2n) is 7.89. The molecule has 1 aliphatic heterocycles. The number of benzene rings is 2. The molecule has 29 heavy (non-hydrogen) atoms. The first-order valence-electron chi connectivity index (χ1n) is 10.0. The minimum atomic E-state index is -0.256. The van der Waals surface area contributed by atoms with Crippen molar-refractivity contribution in [1.82, 2.24) is 14.8 Å². The van der Waals surface area contributed by atoms with E-state index >= 15 is 0 Å². The summed E-state index contributed by atoms with van der Waals surface area (Å²) in [6.45, 7) is 2.18. The number of aromatic amines is 1. The normalized spacial score (nSPS) is 21.4. The zero-order valence-corrected chi connectivity index (χ0v) is 16.0. The van der Waals surface area contributed by atoms with Gasteiger partial charge in [-0.15, -0.1) is 0 Å². The topological polar surface area (TPSA) is 56.4 Å². The van der Waals surface area contributed by atoms with Gasteiger partial charge in [0, 0.05) is 43.0 Å². The largest absolute Gasteiger partial charge is 0.351 e. The van der Waals surface area contributed by atoms with Crippen molar-refractivity contribution >= 4 is 22.7 Å². The summed E-state index contributed by atoms with van der Waals surface area (Å²) < 4.78 is 13.1. The molecule has 0 spiro atoms. The summed E-state index contributed by atoms with van der Waals surface area (Å²) in [5.41, 5.74) is 2.56. The average molecular weight is 391 g/mol. The molecule has 2 heterocycles. The highest BCUT2D eigenvalue weighted by atomic mass is 19.1. The number of para-hydroxylation sites is 1. The van der Waals surface area contributed by atoms with Gasteiger partial charge in [0.2, 0.25) is 5.91 Å². The van der Waals surface area contributed by atoms with E-state index in [2.05, 4.69) is 4.98 Å². The number of carbonyl (C=O) groups is 2. The van der Waals surface area contributed by atoms with Crippen molar-refractivity contribution in [3.63, 3.8) is 0 Å². The fraction of sp³-hybridized carbons (Fsp3) is 0.304. The maximum absolute atomic E-state index is 13.1. The molecule has 1 aliphatic carbocycles. The Balaban J connectivity index is 1.19. The van der Waals surface area contributed by atoms with E-state index in [0.717, 1.165) is 22.9 Å². The molecule has 3 aromatic rings. The first-order valence-corrected chi connectivity index (χ1v) is 10.0. The smallest absolute Gasteiger partial charge is 0.270 e. The Hall–Kier alpha value is -3.15. The van der Waals surface area contributed by atoms with Crippen molar-refractivity contribution in [2.45, 2.75) is 12.3 Å². The van der Waals surface area contributed by atoms with E-state index in [0.29, 0.717) is 31.9 Å². The van der Waals surface area contributed by atoms with Gasteiger partial charge in [-0.05, 0) is 42.2 Å². The van der Waals surface area contributed by atoms with Crippen LogP contribution in [-0.4, -0.2) is 52.8 Å². The van der Waals surface area contributed by atoms with Gasteiger partial charge in [0.15, 0.2) is 0 Å². The molecular weight excluding hydrogens is 369 g/mol. The number of aromatic nitrogens is 1. The number of carbonyl (C=O) groups excluding carboxylic acids is 2. The zero-order valence-electron chi connectivity index (χ0n) is 16.0. The molecule has 5 rings (SSSR count). The summed E-state index contributed by atoms with van der Waals surface area (Å²) in [6.07, 6.45) is 0.818. The lowest BCUT2D eigenvalue weighted by Crippen LogP contribution is -2.51. The van der Waals surface area contributed by atoms with Gasteiger partial charge in [-0.25, -0.2) is 4.39 Å². The first-order chi connectivity index (χ1) is 14.1. The van der Waals surface area contributed by atoms with Crippen LogP contribution in [0.4, 0.5) is 4.39 Å².